The monoisotopic (exact) mass is 297 g/mol. The third kappa shape index (κ3) is 4.56. The number of hydrogen-bond acceptors (Lipinski definition) is 3. The first-order valence-corrected chi connectivity index (χ1v) is 8.26. The third-order valence-corrected chi connectivity index (χ3v) is 5.77. The van der Waals surface area contributed by atoms with E-state index in [0.29, 0.717) is 10.9 Å². The Labute approximate surface area is 112 Å². The zero-order chi connectivity index (χ0) is 12.9. The predicted octanol–water partition coefficient (Wildman–Crippen LogP) is 0.605. The lowest BCUT2D eigenvalue weighted by Gasteiger charge is -2.15. The Bertz CT molecular complexity index is 441. The molecule has 98 valence electrons. The van der Waals surface area contributed by atoms with Crippen molar-refractivity contribution in [2.75, 3.05) is 26.2 Å². The molecule has 0 radical (unpaired) electrons. The van der Waals surface area contributed by atoms with Crippen LogP contribution in [0.15, 0.2) is 16.3 Å². The van der Waals surface area contributed by atoms with Crippen LogP contribution in [0.5, 0.6) is 0 Å². The molecule has 0 spiro atoms. The van der Waals surface area contributed by atoms with Crippen molar-refractivity contribution in [1.82, 2.24) is 4.72 Å². The quantitative estimate of drug-likeness (QED) is 0.774. The highest BCUT2D eigenvalue weighted by molar-refractivity contribution is 7.91. The minimum absolute atomic E-state index is 0.275. The summed E-state index contributed by atoms with van der Waals surface area (Å²) in [4.78, 5) is 1.37. The molecule has 0 unspecified atom stereocenters. The van der Waals surface area contributed by atoms with Gasteiger partial charge < -0.3 is 4.90 Å². The molecule has 17 heavy (non-hydrogen) atoms. The maximum absolute atomic E-state index is 11.8. The molecular weight excluding hydrogens is 280 g/mol. The van der Waals surface area contributed by atoms with Gasteiger partial charge in [-0.15, -0.1) is 11.3 Å². The number of likely N-dealkylation sites (N-methyl/N-ethyl adjacent to an activating group) is 1. The molecule has 1 aromatic heterocycles. The Hall–Kier alpha value is -0.140. The van der Waals surface area contributed by atoms with Gasteiger partial charge in [0.25, 0.3) is 0 Å². The van der Waals surface area contributed by atoms with Gasteiger partial charge in [0.05, 0.1) is 30.5 Å². The van der Waals surface area contributed by atoms with Crippen LogP contribution in [0.1, 0.15) is 13.8 Å². The summed E-state index contributed by atoms with van der Waals surface area (Å²) >= 11 is 6.79. The Morgan fingerprint density at radius 2 is 2.00 bits per heavy atom. The highest BCUT2D eigenvalue weighted by Crippen LogP contribution is 2.24. The molecule has 0 saturated heterocycles. The predicted molar refractivity (Wildman–Crippen MR) is 71.4 cm³/mol. The van der Waals surface area contributed by atoms with Gasteiger partial charge in [0, 0.05) is 0 Å². The number of rotatable bonds is 7. The second kappa shape index (κ2) is 6.70. The smallest absolute Gasteiger partial charge is 0.250 e. The fourth-order valence-electron chi connectivity index (χ4n) is 1.48. The summed E-state index contributed by atoms with van der Waals surface area (Å²) in [6.45, 7) is 7.44. The molecule has 4 nitrogen and oxygen atoms in total. The van der Waals surface area contributed by atoms with Gasteiger partial charge in [-0.25, -0.2) is 13.1 Å². The van der Waals surface area contributed by atoms with Crippen molar-refractivity contribution >= 4 is 33.0 Å². The minimum Gasteiger partial charge on any atom is -0.334 e. The molecule has 0 aliphatic heterocycles. The highest BCUT2D eigenvalue weighted by Gasteiger charge is 2.16. The number of hydrogen-bond donors (Lipinski definition) is 2. The van der Waals surface area contributed by atoms with E-state index >= 15 is 0 Å². The van der Waals surface area contributed by atoms with Crippen molar-refractivity contribution < 1.29 is 13.3 Å². The average molecular weight is 298 g/mol. The largest absolute Gasteiger partial charge is 0.334 e. The van der Waals surface area contributed by atoms with Crippen molar-refractivity contribution in [3.8, 4) is 0 Å². The molecule has 0 aliphatic rings. The molecule has 7 heteroatoms. The molecule has 0 atom stereocenters. The molecule has 0 fully saturated rings. The molecular formula is C10H18ClN2O2S2+. The van der Waals surface area contributed by atoms with Crippen LogP contribution >= 0.6 is 22.9 Å². The first-order chi connectivity index (χ1) is 7.99. The average Bonchev–Trinajstić information content (AvgIpc) is 2.72. The van der Waals surface area contributed by atoms with Gasteiger partial charge in [0.1, 0.15) is 4.21 Å². The lowest BCUT2D eigenvalue weighted by Crippen LogP contribution is -3.12. The standard InChI is InChI=1S/C10H17ClN2O2S2/c1-3-13(4-2)8-7-12-17(14,15)10-6-5-9(11)16-10/h5-6,12H,3-4,7-8H2,1-2H3/p+1. The van der Waals surface area contributed by atoms with Crippen molar-refractivity contribution in [2.24, 2.45) is 0 Å². The van der Waals surface area contributed by atoms with Crippen LogP contribution in [0.2, 0.25) is 4.34 Å². The van der Waals surface area contributed by atoms with Gasteiger partial charge >= 0.3 is 0 Å². The maximum Gasteiger partial charge on any atom is 0.250 e. The highest BCUT2D eigenvalue weighted by atomic mass is 35.5. The van der Waals surface area contributed by atoms with Crippen LogP contribution in [0.3, 0.4) is 0 Å². The molecule has 1 heterocycles. The van der Waals surface area contributed by atoms with E-state index in [1.165, 1.54) is 11.0 Å². The van der Waals surface area contributed by atoms with Crippen LogP contribution in [0.4, 0.5) is 0 Å². The van der Waals surface area contributed by atoms with E-state index in [2.05, 4.69) is 18.6 Å². The van der Waals surface area contributed by atoms with Gasteiger partial charge in [-0.3, -0.25) is 0 Å². The van der Waals surface area contributed by atoms with Crippen LogP contribution < -0.4 is 9.62 Å². The lowest BCUT2D eigenvalue weighted by molar-refractivity contribution is -0.895. The summed E-state index contributed by atoms with van der Waals surface area (Å²) < 4.78 is 27.0. The summed E-state index contributed by atoms with van der Waals surface area (Å²) in [5, 5.41) is 0. The van der Waals surface area contributed by atoms with Gasteiger partial charge in [0.15, 0.2) is 0 Å². The van der Waals surface area contributed by atoms with Crippen molar-refractivity contribution in [3.63, 3.8) is 0 Å². The second-order valence-corrected chi connectivity index (χ2v) is 7.37. The van der Waals surface area contributed by atoms with E-state index in [4.69, 9.17) is 11.6 Å². The molecule has 0 aromatic carbocycles. The SMILES string of the molecule is CC[NH+](CC)CCNS(=O)(=O)c1ccc(Cl)s1. The van der Waals surface area contributed by atoms with Crippen LogP contribution in [0.25, 0.3) is 0 Å². The van der Waals surface area contributed by atoms with E-state index in [0.717, 1.165) is 31.0 Å². The zero-order valence-corrected chi connectivity index (χ0v) is 12.4. The first-order valence-electron chi connectivity index (χ1n) is 5.58. The van der Waals surface area contributed by atoms with Gasteiger partial charge in [0.2, 0.25) is 10.0 Å². The summed E-state index contributed by atoms with van der Waals surface area (Å²) in [6.07, 6.45) is 0. The van der Waals surface area contributed by atoms with Crippen LogP contribution in [-0.4, -0.2) is 34.6 Å². The third-order valence-electron chi connectivity index (χ3n) is 2.58. The summed E-state index contributed by atoms with van der Waals surface area (Å²) in [5.41, 5.74) is 0. The number of quaternary nitrogens is 1. The molecule has 1 aromatic rings. The summed E-state index contributed by atoms with van der Waals surface area (Å²) in [6, 6.07) is 3.12. The number of halogens is 1. The molecule has 0 amide bonds. The maximum atomic E-state index is 11.8. The number of nitrogens with one attached hydrogen (secondary N) is 2. The van der Waals surface area contributed by atoms with E-state index in [9.17, 15) is 8.42 Å². The van der Waals surface area contributed by atoms with E-state index in [1.54, 1.807) is 6.07 Å². The van der Waals surface area contributed by atoms with Crippen molar-refractivity contribution in [2.45, 2.75) is 18.1 Å². The Balaban J connectivity index is 2.51. The van der Waals surface area contributed by atoms with E-state index in [1.807, 2.05) is 0 Å². The topological polar surface area (TPSA) is 50.6 Å². The van der Waals surface area contributed by atoms with Gasteiger partial charge in [-0.1, -0.05) is 11.6 Å². The number of sulfonamides is 1. The van der Waals surface area contributed by atoms with E-state index in [-0.39, 0.29) is 4.21 Å². The number of thiophene rings is 1. The van der Waals surface area contributed by atoms with Crippen molar-refractivity contribution in [3.05, 3.63) is 16.5 Å². The molecule has 2 N–H and O–H groups in total. The summed E-state index contributed by atoms with van der Waals surface area (Å²) in [7, 11) is -3.38. The lowest BCUT2D eigenvalue weighted by atomic mass is 10.5. The Morgan fingerprint density at radius 1 is 1.35 bits per heavy atom. The first kappa shape index (κ1) is 14.9. The zero-order valence-electron chi connectivity index (χ0n) is 9.99. The Kier molecular flexibility index (Phi) is 5.88. The van der Waals surface area contributed by atoms with Crippen LogP contribution in [-0.2, 0) is 10.0 Å². The fraction of sp³-hybridized carbons (Fsp3) is 0.600. The van der Waals surface area contributed by atoms with Crippen LogP contribution in [0, 0.1) is 0 Å². The second-order valence-electron chi connectivity index (χ2n) is 3.66. The van der Waals surface area contributed by atoms with E-state index < -0.39 is 10.0 Å². The normalized spacial score (nSPS) is 12.2. The molecule has 0 aliphatic carbocycles. The van der Waals surface area contributed by atoms with Gasteiger partial charge in [-0.05, 0) is 26.0 Å². The summed E-state index contributed by atoms with van der Waals surface area (Å²) in [5.74, 6) is 0. The minimum atomic E-state index is -3.38. The Morgan fingerprint density at radius 3 is 2.47 bits per heavy atom. The molecule has 0 saturated carbocycles. The van der Waals surface area contributed by atoms with Crippen molar-refractivity contribution in [1.29, 1.82) is 0 Å². The fourth-order valence-corrected chi connectivity index (χ4v) is 4.04. The molecule has 1 rings (SSSR count). The molecule has 0 bridgehead atoms. The van der Waals surface area contributed by atoms with Gasteiger partial charge in [-0.2, -0.15) is 0 Å².